The largest absolute Gasteiger partial charge is 0.416 e. The zero-order chi connectivity index (χ0) is 16.4. The smallest absolute Gasteiger partial charge is 0.332 e. The van der Waals surface area contributed by atoms with Crippen LogP contribution in [0.25, 0.3) is 11.3 Å². The van der Waals surface area contributed by atoms with E-state index < -0.39 is 11.7 Å². The predicted molar refractivity (Wildman–Crippen MR) is 83.2 cm³/mol. The van der Waals surface area contributed by atoms with Crippen molar-refractivity contribution in [2.75, 3.05) is 0 Å². The fourth-order valence-electron chi connectivity index (χ4n) is 2.23. The highest BCUT2D eigenvalue weighted by Gasteiger charge is 2.30. The van der Waals surface area contributed by atoms with Gasteiger partial charge < -0.3 is 4.57 Å². The first-order valence-corrected chi connectivity index (χ1v) is 7.23. The van der Waals surface area contributed by atoms with Crippen LogP contribution in [0.2, 0.25) is 5.02 Å². The van der Waals surface area contributed by atoms with E-state index in [0.29, 0.717) is 22.8 Å². The number of hydrogen-bond acceptors (Lipinski definition) is 1. The molecule has 118 valence electrons. The van der Waals surface area contributed by atoms with Crippen molar-refractivity contribution in [3.05, 3.63) is 77.2 Å². The molecule has 0 saturated carbocycles. The van der Waals surface area contributed by atoms with E-state index in [0.717, 1.165) is 17.7 Å². The van der Waals surface area contributed by atoms with Crippen LogP contribution in [0.1, 0.15) is 11.1 Å². The summed E-state index contributed by atoms with van der Waals surface area (Å²) in [6.07, 6.45) is -0.870. The van der Waals surface area contributed by atoms with Gasteiger partial charge in [-0.15, -0.1) is 0 Å². The van der Waals surface area contributed by atoms with E-state index in [-0.39, 0.29) is 0 Å². The van der Waals surface area contributed by atoms with E-state index in [1.165, 1.54) is 12.1 Å². The SMILES string of the molecule is FC(F)(F)c1ccc(-c2cn(Cc3ccc(Cl)cc3)cn2)cc1. The Kier molecular flexibility index (Phi) is 4.13. The molecule has 6 heteroatoms. The van der Waals surface area contributed by atoms with E-state index in [4.69, 9.17) is 11.6 Å². The highest BCUT2D eigenvalue weighted by atomic mass is 35.5. The van der Waals surface area contributed by atoms with Gasteiger partial charge in [-0.25, -0.2) is 4.98 Å². The second-order valence-electron chi connectivity index (χ2n) is 5.13. The lowest BCUT2D eigenvalue weighted by Crippen LogP contribution is -2.03. The standard InChI is InChI=1S/C17H12ClF3N2/c18-15-7-1-12(2-8-15)9-23-10-16(22-11-23)13-3-5-14(6-4-13)17(19,20)21/h1-8,10-11H,9H2. The first-order valence-electron chi connectivity index (χ1n) is 6.86. The van der Waals surface area contributed by atoms with Gasteiger partial charge >= 0.3 is 6.18 Å². The number of nitrogens with zero attached hydrogens (tertiary/aromatic N) is 2. The van der Waals surface area contributed by atoms with Crippen LogP contribution in [0, 0.1) is 0 Å². The van der Waals surface area contributed by atoms with E-state index in [2.05, 4.69) is 4.98 Å². The topological polar surface area (TPSA) is 17.8 Å². The zero-order valence-electron chi connectivity index (χ0n) is 11.9. The zero-order valence-corrected chi connectivity index (χ0v) is 12.6. The third kappa shape index (κ3) is 3.74. The molecule has 0 amide bonds. The number of halogens is 4. The van der Waals surface area contributed by atoms with Crippen molar-refractivity contribution in [2.24, 2.45) is 0 Å². The van der Waals surface area contributed by atoms with E-state index in [9.17, 15) is 13.2 Å². The predicted octanol–water partition coefficient (Wildman–Crippen LogP) is 5.27. The minimum Gasteiger partial charge on any atom is -0.332 e. The number of hydrogen-bond donors (Lipinski definition) is 0. The molecule has 0 spiro atoms. The highest BCUT2D eigenvalue weighted by molar-refractivity contribution is 6.30. The van der Waals surface area contributed by atoms with Gasteiger partial charge in [0.15, 0.2) is 0 Å². The van der Waals surface area contributed by atoms with Gasteiger partial charge in [-0.2, -0.15) is 13.2 Å². The normalized spacial score (nSPS) is 11.7. The van der Waals surface area contributed by atoms with Crippen molar-refractivity contribution >= 4 is 11.6 Å². The van der Waals surface area contributed by atoms with Crippen LogP contribution < -0.4 is 0 Å². The third-order valence-electron chi connectivity index (χ3n) is 3.42. The van der Waals surface area contributed by atoms with Crippen molar-refractivity contribution in [1.29, 1.82) is 0 Å². The van der Waals surface area contributed by atoms with Crippen LogP contribution in [0.4, 0.5) is 13.2 Å². The van der Waals surface area contributed by atoms with Gasteiger partial charge in [0.1, 0.15) is 0 Å². The molecule has 0 atom stereocenters. The number of aromatic nitrogens is 2. The number of rotatable bonds is 3. The molecule has 1 heterocycles. The third-order valence-corrected chi connectivity index (χ3v) is 3.67. The molecule has 0 radical (unpaired) electrons. The number of imidazole rings is 1. The van der Waals surface area contributed by atoms with Crippen LogP contribution in [0.5, 0.6) is 0 Å². The van der Waals surface area contributed by atoms with Gasteiger partial charge in [0.25, 0.3) is 0 Å². The quantitative estimate of drug-likeness (QED) is 0.637. The molecule has 0 aliphatic carbocycles. The van der Waals surface area contributed by atoms with Gasteiger partial charge in [0.05, 0.1) is 17.6 Å². The summed E-state index contributed by atoms with van der Waals surface area (Å²) in [4.78, 5) is 4.25. The van der Waals surface area contributed by atoms with Crippen LogP contribution >= 0.6 is 11.6 Å². The first-order chi connectivity index (χ1) is 10.9. The molecular weight excluding hydrogens is 325 g/mol. The van der Waals surface area contributed by atoms with Gasteiger partial charge in [-0.05, 0) is 29.8 Å². The maximum atomic E-state index is 12.6. The Hall–Kier alpha value is -2.27. The maximum Gasteiger partial charge on any atom is 0.416 e. The van der Waals surface area contributed by atoms with Gasteiger partial charge in [-0.1, -0.05) is 35.9 Å². The number of alkyl halides is 3. The fraction of sp³-hybridized carbons (Fsp3) is 0.118. The summed E-state index contributed by atoms with van der Waals surface area (Å²) < 4.78 is 39.6. The molecule has 3 rings (SSSR count). The monoisotopic (exact) mass is 336 g/mol. The van der Waals surface area contributed by atoms with Crippen LogP contribution in [-0.2, 0) is 12.7 Å². The second kappa shape index (κ2) is 6.08. The van der Waals surface area contributed by atoms with Gasteiger partial charge in [0.2, 0.25) is 0 Å². The average Bonchev–Trinajstić information content (AvgIpc) is 2.97. The molecule has 2 nitrogen and oxygen atoms in total. The van der Waals surface area contributed by atoms with Crippen molar-refractivity contribution in [1.82, 2.24) is 9.55 Å². The van der Waals surface area contributed by atoms with Crippen LogP contribution in [0.15, 0.2) is 61.1 Å². The summed E-state index contributed by atoms with van der Waals surface area (Å²) in [5, 5.41) is 0.671. The summed E-state index contributed by atoms with van der Waals surface area (Å²) in [7, 11) is 0. The summed E-state index contributed by atoms with van der Waals surface area (Å²) in [6, 6.07) is 12.4. The van der Waals surface area contributed by atoms with Crippen molar-refractivity contribution in [2.45, 2.75) is 12.7 Å². The first kappa shape index (κ1) is 15.6. The molecule has 0 aliphatic rings. The average molecular weight is 337 g/mol. The van der Waals surface area contributed by atoms with E-state index >= 15 is 0 Å². The Labute approximate surface area is 136 Å². The van der Waals surface area contributed by atoms with E-state index in [1.54, 1.807) is 12.5 Å². The molecule has 0 N–H and O–H groups in total. The summed E-state index contributed by atoms with van der Waals surface area (Å²) in [5.41, 5.74) is 1.67. The molecule has 1 aromatic heterocycles. The second-order valence-corrected chi connectivity index (χ2v) is 5.57. The molecule has 0 bridgehead atoms. The van der Waals surface area contributed by atoms with Crippen molar-refractivity contribution < 1.29 is 13.2 Å². The maximum absolute atomic E-state index is 12.6. The highest BCUT2D eigenvalue weighted by Crippen LogP contribution is 2.30. The van der Waals surface area contributed by atoms with Crippen LogP contribution in [0.3, 0.4) is 0 Å². The lowest BCUT2D eigenvalue weighted by molar-refractivity contribution is -0.137. The summed E-state index contributed by atoms with van der Waals surface area (Å²) in [5.74, 6) is 0. The van der Waals surface area contributed by atoms with Crippen molar-refractivity contribution in [3.63, 3.8) is 0 Å². The van der Waals surface area contributed by atoms with Crippen LogP contribution in [-0.4, -0.2) is 9.55 Å². The number of benzene rings is 2. The van der Waals surface area contributed by atoms with Gasteiger partial charge in [-0.3, -0.25) is 0 Å². The Morgan fingerprint density at radius 3 is 2.22 bits per heavy atom. The fourth-order valence-corrected chi connectivity index (χ4v) is 2.35. The Morgan fingerprint density at radius 2 is 1.61 bits per heavy atom. The Bertz CT molecular complexity index is 790. The molecule has 0 saturated heterocycles. The van der Waals surface area contributed by atoms with Gasteiger partial charge in [0, 0.05) is 23.3 Å². The molecule has 0 fully saturated rings. The molecule has 0 aliphatic heterocycles. The molecule has 23 heavy (non-hydrogen) atoms. The lowest BCUT2D eigenvalue weighted by atomic mass is 10.1. The molecule has 0 unspecified atom stereocenters. The minimum atomic E-state index is -4.33. The lowest BCUT2D eigenvalue weighted by Gasteiger charge is -2.06. The molecule has 3 aromatic rings. The Balaban J connectivity index is 1.77. The Morgan fingerprint density at radius 1 is 0.957 bits per heavy atom. The van der Waals surface area contributed by atoms with E-state index in [1.807, 2.05) is 28.8 Å². The summed E-state index contributed by atoms with van der Waals surface area (Å²) in [6.45, 7) is 0.616. The molecular formula is C17H12ClF3N2. The summed E-state index contributed by atoms with van der Waals surface area (Å²) >= 11 is 5.84. The van der Waals surface area contributed by atoms with Crippen molar-refractivity contribution in [3.8, 4) is 11.3 Å². The minimum absolute atomic E-state index is 0.616. The molecule has 2 aromatic carbocycles.